The third-order valence-electron chi connectivity index (χ3n) is 5.03. The van der Waals surface area contributed by atoms with E-state index in [-0.39, 0.29) is 12.4 Å². The number of carbonyl (C=O) groups is 1. The zero-order valence-electron chi connectivity index (χ0n) is 19.4. The van der Waals surface area contributed by atoms with Crippen LogP contribution >= 0.6 is 15.9 Å². The first kappa shape index (κ1) is 27.4. The number of ether oxygens (including phenoxy) is 5. The van der Waals surface area contributed by atoms with Crippen LogP contribution in [-0.4, -0.2) is 44.3 Å². The average Bonchev–Trinajstić information content (AvgIpc) is 3.40. The van der Waals surface area contributed by atoms with Gasteiger partial charge in [-0.15, -0.1) is 25.7 Å². The molecule has 0 amide bonds. The van der Waals surface area contributed by atoms with E-state index in [0.717, 1.165) is 52.8 Å². The quantitative estimate of drug-likeness (QED) is 0.412. The maximum Gasteiger partial charge on any atom is 0.187 e. The third-order valence-corrected chi connectivity index (χ3v) is 5.80. The van der Waals surface area contributed by atoms with Crippen molar-refractivity contribution in [3.05, 3.63) is 57.6 Å². The Balaban J connectivity index is 0.000000244. The Kier molecular flexibility index (Phi) is 10.6. The van der Waals surface area contributed by atoms with Crippen molar-refractivity contribution < 1.29 is 28.5 Å². The molecule has 0 saturated carbocycles. The second kappa shape index (κ2) is 13.2. The standard InChI is InChI=1S/C16H13BrO3.C7H12O3.2C2H2/c17-14-3-1-12(10-18)8-13(14)7-11-2-4-15-16(9-11)20-6-5-19-15;1-7(2)9-5-3-4-8-6(5)10-7;2*1-2/h1-4,8-10H,5-7H2;5-6H,3-4H2,1-2H3;2*1-2H/t;5-,6-;;/m.0../s1. The molecule has 0 unspecified atom stereocenters. The summed E-state index contributed by atoms with van der Waals surface area (Å²) in [5.41, 5.74) is 2.88. The van der Waals surface area contributed by atoms with Gasteiger partial charge in [0.25, 0.3) is 0 Å². The minimum absolute atomic E-state index is 0.102. The summed E-state index contributed by atoms with van der Waals surface area (Å²) in [5, 5.41) is 0. The van der Waals surface area contributed by atoms with Gasteiger partial charge < -0.3 is 23.7 Å². The molecule has 6 nitrogen and oxygen atoms in total. The predicted octanol–water partition coefficient (Wildman–Crippen LogP) is 5.01. The second-order valence-electron chi connectivity index (χ2n) is 7.83. The fraction of sp³-hybridized carbons (Fsp3) is 0.370. The van der Waals surface area contributed by atoms with Crippen molar-refractivity contribution in [2.24, 2.45) is 0 Å². The molecule has 2 fully saturated rings. The van der Waals surface area contributed by atoms with E-state index in [4.69, 9.17) is 23.7 Å². The summed E-state index contributed by atoms with van der Waals surface area (Å²) in [5.74, 6) is 1.15. The molecule has 0 bridgehead atoms. The second-order valence-corrected chi connectivity index (χ2v) is 8.68. The smallest absolute Gasteiger partial charge is 0.187 e. The maximum atomic E-state index is 10.9. The van der Waals surface area contributed by atoms with Crippen LogP contribution in [-0.2, 0) is 20.6 Å². The van der Waals surface area contributed by atoms with Gasteiger partial charge in [0.1, 0.15) is 25.6 Å². The monoisotopic (exact) mass is 528 g/mol. The molecule has 0 aromatic heterocycles. The minimum atomic E-state index is -0.435. The number of terminal acetylenes is 2. The molecular weight excluding hydrogens is 500 g/mol. The molecule has 0 radical (unpaired) electrons. The highest BCUT2D eigenvalue weighted by molar-refractivity contribution is 9.10. The number of fused-ring (bicyclic) bond motifs is 2. The summed E-state index contributed by atoms with van der Waals surface area (Å²) < 4.78 is 28.3. The Bertz CT molecular complexity index is 977. The van der Waals surface area contributed by atoms with Gasteiger partial charge in [-0.25, -0.2) is 0 Å². The summed E-state index contributed by atoms with van der Waals surface area (Å²) in [4.78, 5) is 10.9. The van der Waals surface area contributed by atoms with Crippen molar-refractivity contribution in [2.45, 2.75) is 44.9 Å². The lowest BCUT2D eigenvalue weighted by molar-refractivity contribution is -0.192. The lowest BCUT2D eigenvalue weighted by atomic mass is 10.0. The number of hydrogen-bond acceptors (Lipinski definition) is 6. The molecular formula is C27H29BrO6. The van der Waals surface area contributed by atoms with Crippen LogP contribution in [0.25, 0.3) is 0 Å². The lowest BCUT2D eigenvalue weighted by Crippen LogP contribution is -2.22. The van der Waals surface area contributed by atoms with E-state index >= 15 is 0 Å². The van der Waals surface area contributed by atoms with E-state index < -0.39 is 5.79 Å². The van der Waals surface area contributed by atoms with Crippen LogP contribution in [0.5, 0.6) is 11.5 Å². The Morgan fingerprint density at radius 1 is 0.971 bits per heavy atom. The summed E-state index contributed by atoms with van der Waals surface area (Å²) >= 11 is 3.52. The highest BCUT2D eigenvalue weighted by atomic mass is 79.9. The van der Waals surface area contributed by atoms with Gasteiger partial charge >= 0.3 is 0 Å². The van der Waals surface area contributed by atoms with E-state index in [0.29, 0.717) is 18.8 Å². The molecule has 0 aliphatic carbocycles. The van der Waals surface area contributed by atoms with Crippen molar-refractivity contribution in [3.63, 3.8) is 0 Å². The molecule has 0 N–H and O–H groups in total. The number of benzene rings is 2. The maximum absolute atomic E-state index is 10.9. The molecule has 2 aromatic rings. The molecule has 2 atom stereocenters. The van der Waals surface area contributed by atoms with Gasteiger partial charge in [-0.2, -0.15) is 0 Å². The van der Waals surface area contributed by atoms with Crippen molar-refractivity contribution in [2.75, 3.05) is 19.8 Å². The Morgan fingerprint density at radius 2 is 1.68 bits per heavy atom. The Labute approximate surface area is 210 Å². The Morgan fingerprint density at radius 3 is 2.35 bits per heavy atom. The highest BCUT2D eigenvalue weighted by Gasteiger charge is 2.44. The first-order chi connectivity index (χ1) is 16.4. The first-order valence-corrected chi connectivity index (χ1v) is 11.5. The topological polar surface area (TPSA) is 63.2 Å². The Hall–Kier alpha value is -2.81. The lowest BCUT2D eigenvalue weighted by Gasteiger charge is -2.19. The number of carbonyl (C=O) groups excluding carboxylic acids is 1. The average molecular weight is 529 g/mol. The SMILES string of the molecule is C#C.C#C.CC1(C)O[C@@H]2OCC[C@@H]2O1.O=Cc1ccc(Br)c(Cc2ccc3c(c2)OCCO3)c1. The molecule has 5 rings (SSSR count). The van der Waals surface area contributed by atoms with Crippen molar-refractivity contribution in [1.82, 2.24) is 0 Å². The number of hydrogen-bond donors (Lipinski definition) is 0. The van der Waals surface area contributed by atoms with Crippen molar-refractivity contribution in [3.8, 4) is 37.2 Å². The molecule has 2 aromatic carbocycles. The molecule has 180 valence electrons. The summed E-state index contributed by atoms with van der Waals surface area (Å²) in [6.07, 6.45) is 18.6. The summed E-state index contributed by atoms with van der Waals surface area (Å²) in [6.45, 7) is 5.77. The number of aldehydes is 1. The summed E-state index contributed by atoms with van der Waals surface area (Å²) in [7, 11) is 0. The molecule has 34 heavy (non-hydrogen) atoms. The van der Waals surface area contributed by atoms with Crippen LogP contribution in [0.2, 0.25) is 0 Å². The van der Waals surface area contributed by atoms with Crippen LogP contribution in [0.1, 0.15) is 41.8 Å². The van der Waals surface area contributed by atoms with Gasteiger partial charge in [0.15, 0.2) is 23.6 Å². The normalized spacial score (nSPS) is 20.7. The van der Waals surface area contributed by atoms with Crippen LogP contribution in [0, 0.1) is 25.7 Å². The van der Waals surface area contributed by atoms with Gasteiger partial charge in [0.05, 0.1) is 6.61 Å². The molecule has 0 spiro atoms. The van der Waals surface area contributed by atoms with Crippen LogP contribution in [0.3, 0.4) is 0 Å². The minimum Gasteiger partial charge on any atom is -0.486 e. The summed E-state index contributed by atoms with van der Waals surface area (Å²) in [6, 6.07) is 11.5. The molecule has 2 saturated heterocycles. The van der Waals surface area contributed by atoms with Gasteiger partial charge in [-0.1, -0.05) is 28.1 Å². The molecule has 7 heteroatoms. The van der Waals surface area contributed by atoms with Crippen LogP contribution in [0.15, 0.2) is 40.9 Å². The van der Waals surface area contributed by atoms with Crippen LogP contribution in [0.4, 0.5) is 0 Å². The van der Waals surface area contributed by atoms with Crippen molar-refractivity contribution >= 4 is 22.2 Å². The third kappa shape index (κ3) is 7.35. The van der Waals surface area contributed by atoms with E-state index in [9.17, 15) is 4.79 Å². The van der Waals surface area contributed by atoms with Crippen molar-refractivity contribution in [1.29, 1.82) is 0 Å². The van der Waals surface area contributed by atoms with Gasteiger partial charge in [-0.05, 0) is 55.7 Å². The number of halogens is 1. The zero-order chi connectivity index (χ0) is 25.1. The van der Waals surface area contributed by atoms with E-state index in [1.54, 1.807) is 6.07 Å². The van der Waals surface area contributed by atoms with E-state index in [1.807, 2.05) is 44.2 Å². The molecule has 3 heterocycles. The van der Waals surface area contributed by atoms with E-state index in [1.165, 1.54) is 0 Å². The van der Waals surface area contributed by atoms with Gasteiger partial charge in [-0.3, -0.25) is 4.79 Å². The largest absolute Gasteiger partial charge is 0.486 e. The highest BCUT2D eigenvalue weighted by Crippen LogP contribution is 2.34. The van der Waals surface area contributed by atoms with E-state index in [2.05, 4.69) is 41.6 Å². The van der Waals surface area contributed by atoms with Crippen LogP contribution < -0.4 is 9.47 Å². The van der Waals surface area contributed by atoms with Gasteiger partial charge in [0.2, 0.25) is 0 Å². The first-order valence-electron chi connectivity index (χ1n) is 10.7. The molecule has 3 aliphatic heterocycles. The number of rotatable bonds is 3. The zero-order valence-corrected chi connectivity index (χ0v) is 21.0. The fourth-order valence-corrected chi connectivity index (χ4v) is 4.05. The fourth-order valence-electron chi connectivity index (χ4n) is 3.66. The van der Waals surface area contributed by atoms with Gasteiger partial charge in [0, 0.05) is 16.5 Å². The predicted molar refractivity (Wildman–Crippen MR) is 134 cm³/mol. The molecule has 3 aliphatic rings.